The number of carbonyl (C=O) groups is 1. The molecule has 1 aliphatic heterocycles. The number of hydrogen-bond acceptors (Lipinski definition) is 4. The zero-order valence-corrected chi connectivity index (χ0v) is 11.1. The van der Waals surface area contributed by atoms with Gasteiger partial charge in [0.15, 0.2) is 6.04 Å². The summed E-state index contributed by atoms with van der Waals surface area (Å²) in [5.74, 6) is -0.752. The molecule has 5 heteroatoms. The zero-order chi connectivity index (χ0) is 13.8. The lowest BCUT2D eigenvalue weighted by atomic mass is 10.1. The van der Waals surface area contributed by atoms with Gasteiger partial charge in [0.25, 0.3) is 0 Å². The van der Waals surface area contributed by atoms with Crippen LogP contribution in [0, 0.1) is 5.82 Å². The van der Waals surface area contributed by atoms with Crippen LogP contribution in [0.4, 0.5) is 10.1 Å². The number of halogens is 1. The third kappa shape index (κ3) is 3.44. The Labute approximate surface area is 111 Å². The zero-order valence-electron chi connectivity index (χ0n) is 11.1. The lowest BCUT2D eigenvalue weighted by molar-refractivity contribution is -0.144. The van der Waals surface area contributed by atoms with Crippen LogP contribution in [0.3, 0.4) is 0 Å². The van der Waals surface area contributed by atoms with Gasteiger partial charge in [-0.05, 0) is 38.0 Å². The van der Waals surface area contributed by atoms with Gasteiger partial charge in [-0.25, -0.2) is 9.18 Å². The predicted octanol–water partition coefficient (Wildman–Crippen LogP) is 2.35. The van der Waals surface area contributed by atoms with Crippen molar-refractivity contribution < 1.29 is 18.7 Å². The summed E-state index contributed by atoms with van der Waals surface area (Å²) in [5.41, 5.74) is 0.540. The van der Waals surface area contributed by atoms with E-state index in [4.69, 9.17) is 9.47 Å². The van der Waals surface area contributed by atoms with Crippen molar-refractivity contribution in [1.29, 1.82) is 0 Å². The second-order valence-corrected chi connectivity index (χ2v) is 4.72. The van der Waals surface area contributed by atoms with Crippen molar-refractivity contribution in [3.63, 3.8) is 0 Å². The van der Waals surface area contributed by atoms with Gasteiger partial charge in [-0.2, -0.15) is 0 Å². The fourth-order valence-electron chi connectivity index (χ4n) is 2.27. The van der Waals surface area contributed by atoms with Gasteiger partial charge in [0.1, 0.15) is 5.82 Å². The van der Waals surface area contributed by atoms with E-state index in [1.54, 1.807) is 12.1 Å². The first-order valence-corrected chi connectivity index (χ1v) is 6.35. The summed E-state index contributed by atoms with van der Waals surface area (Å²) in [4.78, 5) is 11.8. The number of carbonyl (C=O) groups excluding carboxylic acids is 1. The van der Waals surface area contributed by atoms with Gasteiger partial charge >= 0.3 is 5.97 Å². The normalized spacial score (nSPS) is 23.9. The molecule has 1 saturated heterocycles. The van der Waals surface area contributed by atoms with E-state index in [0.29, 0.717) is 5.69 Å². The molecule has 1 N–H and O–H groups in total. The number of ether oxygens (including phenoxy) is 2. The molecular weight excluding hydrogens is 249 g/mol. The molecule has 3 unspecified atom stereocenters. The average Bonchev–Trinajstić information content (AvgIpc) is 2.81. The van der Waals surface area contributed by atoms with Gasteiger partial charge < -0.3 is 14.8 Å². The van der Waals surface area contributed by atoms with E-state index in [0.717, 1.165) is 12.8 Å². The van der Waals surface area contributed by atoms with Gasteiger partial charge in [-0.3, -0.25) is 0 Å². The van der Waals surface area contributed by atoms with Crippen LogP contribution < -0.4 is 5.32 Å². The van der Waals surface area contributed by atoms with Crippen LogP contribution in [-0.4, -0.2) is 31.3 Å². The molecule has 3 atom stereocenters. The average molecular weight is 267 g/mol. The number of hydrogen-bond donors (Lipinski definition) is 1. The molecule has 2 rings (SSSR count). The Bertz CT molecular complexity index is 452. The molecule has 1 aromatic carbocycles. The summed E-state index contributed by atoms with van der Waals surface area (Å²) < 4.78 is 23.6. The molecule has 0 radical (unpaired) electrons. The number of methoxy groups -OCH3 is 1. The number of benzene rings is 1. The van der Waals surface area contributed by atoms with E-state index in [9.17, 15) is 9.18 Å². The molecule has 0 aliphatic carbocycles. The molecule has 1 heterocycles. The van der Waals surface area contributed by atoms with Gasteiger partial charge in [0, 0.05) is 5.69 Å². The molecule has 1 fully saturated rings. The standard InChI is InChI=1S/C14H18FNO3/c1-9-6-7-12(19-9)13(14(17)18-2)16-11-5-3-4-10(15)8-11/h3-5,8-9,12-13,16H,6-7H2,1-2H3. The molecule has 104 valence electrons. The monoisotopic (exact) mass is 267 g/mol. The molecule has 4 nitrogen and oxygen atoms in total. The van der Waals surface area contributed by atoms with Crippen molar-refractivity contribution >= 4 is 11.7 Å². The molecule has 1 aromatic rings. The number of esters is 1. The van der Waals surface area contributed by atoms with Crippen LogP contribution in [0.5, 0.6) is 0 Å². The first-order valence-electron chi connectivity index (χ1n) is 6.35. The fraction of sp³-hybridized carbons (Fsp3) is 0.500. The lowest BCUT2D eigenvalue weighted by Crippen LogP contribution is -2.41. The predicted molar refractivity (Wildman–Crippen MR) is 69.4 cm³/mol. The molecule has 1 aliphatic rings. The number of anilines is 1. The summed E-state index contributed by atoms with van der Waals surface area (Å²) in [6.07, 6.45) is 1.57. The van der Waals surface area contributed by atoms with E-state index in [1.807, 2.05) is 6.92 Å². The molecular formula is C14H18FNO3. The van der Waals surface area contributed by atoms with E-state index >= 15 is 0 Å². The van der Waals surface area contributed by atoms with E-state index in [-0.39, 0.29) is 18.0 Å². The molecule has 0 saturated carbocycles. The summed E-state index contributed by atoms with van der Waals surface area (Å²) in [6.45, 7) is 1.97. The summed E-state index contributed by atoms with van der Waals surface area (Å²) in [5, 5.41) is 2.99. The minimum atomic E-state index is -0.614. The minimum Gasteiger partial charge on any atom is -0.467 e. The highest BCUT2D eigenvalue weighted by molar-refractivity contribution is 5.80. The van der Waals surface area contributed by atoms with Crippen LogP contribution in [-0.2, 0) is 14.3 Å². The molecule has 0 spiro atoms. The highest BCUT2D eigenvalue weighted by Crippen LogP contribution is 2.24. The smallest absolute Gasteiger partial charge is 0.331 e. The maximum Gasteiger partial charge on any atom is 0.331 e. The minimum absolute atomic E-state index is 0.131. The van der Waals surface area contributed by atoms with Crippen LogP contribution in [0.15, 0.2) is 24.3 Å². The van der Waals surface area contributed by atoms with E-state index in [1.165, 1.54) is 19.2 Å². The highest BCUT2D eigenvalue weighted by Gasteiger charge is 2.35. The Morgan fingerprint density at radius 1 is 1.53 bits per heavy atom. The first kappa shape index (κ1) is 13.8. The van der Waals surface area contributed by atoms with Crippen molar-refractivity contribution in [2.24, 2.45) is 0 Å². The Hall–Kier alpha value is -1.62. The first-order chi connectivity index (χ1) is 9.10. The van der Waals surface area contributed by atoms with Crippen molar-refractivity contribution in [3.8, 4) is 0 Å². The van der Waals surface area contributed by atoms with E-state index in [2.05, 4.69) is 5.32 Å². The Kier molecular flexibility index (Phi) is 4.37. The van der Waals surface area contributed by atoms with Crippen molar-refractivity contribution in [1.82, 2.24) is 0 Å². The topological polar surface area (TPSA) is 47.6 Å². The molecule has 19 heavy (non-hydrogen) atoms. The van der Waals surface area contributed by atoms with Gasteiger partial charge in [-0.1, -0.05) is 6.07 Å². The van der Waals surface area contributed by atoms with Gasteiger partial charge in [0.2, 0.25) is 0 Å². The second-order valence-electron chi connectivity index (χ2n) is 4.72. The Balaban J connectivity index is 2.12. The largest absolute Gasteiger partial charge is 0.467 e. The fourth-order valence-corrected chi connectivity index (χ4v) is 2.27. The van der Waals surface area contributed by atoms with Crippen LogP contribution in [0.25, 0.3) is 0 Å². The van der Waals surface area contributed by atoms with E-state index < -0.39 is 12.0 Å². The van der Waals surface area contributed by atoms with Gasteiger partial charge in [-0.15, -0.1) is 0 Å². The third-order valence-electron chi connectivity index (χ3n) is 3.24. The van der Waals surface area contributed by atoms with Crippen LogP contribution in [0.1, 0.15) is 19.8 Å². The lowest BCUT2D eigenvalue weighted by Gasteiger charge is -2.23. The quantitative estimate of drug-likeness (QED) is 0.851. The Morgan fingerprint density at radius 2 is 2.32 bits per heavy atom. The van der Waals surface area contributed by atoms with Gasteiger partial charge in [0.05, 0.1) is 19.3 Å². The molecule has 0 bridgehead atoms. The summed E-state index contributed by atoms with van der Waals surface area (Å²) in [7, 11) is 1.33. The highest BCUT2D eigenvalue weighted by atomic mass is 19.1. The SMILES string of the molecule is COC(=O)C(Nc1cccc(F)c1)C1CCC(C)O1. The Morgan fingerprint density at radius 3 is 2.89 bits per heavy atom. The van der Waals surface area contributed by atoms with Crippen molar-refractivity contribution in [2.45, 2.75) is 38.0 Å². The molecule has 0 aromatic heterocycles. The maximum absolute atomic E-state index is 13.2. The number of nitrogens with one attached hydrogen (secondary N) is 1. The number of rotatable bonds is 4. The van der Waals surface area contributed by atoms with Crippen molar-refractivity contribution in [3.05, 3.63) is 30.1 Å². The van der Waals surface area contributed by atoms with Crippen LogP contribution in [0.2, 0.25) is 0 Å². The third-order valence-corrected chi connectivity index (χ3v) is 3.24. The van der Waals surface area contributed by atoms with Crippen LogP contribution >= 0.6 is 0 Å². The second kappa shape index (κ2) is 6.02. The molecule has 0 amide bonds. The van der Waals surface area contributed by atoms with Crippen molar-refractivity contribution in [2.75, 3.05) is 12.4 Å². The summed E-state index contributed by atoms with van der Waals surface area (Å²) in [6, 6.07) is 5.37. The summed E-state index contributed by atoms with van der Waals surface area (Å²) >= 11 is 0. The maximum atomic E-state index is 13.2.